The van der Waals surface area contributed by atoms with Gasteiger partial charge in [0, 0.05) is 19.3 Å². The summed E-state index contributed by atoms with van der Waals surface area (Å²) >= 11 is 0. The third kappa shape index (κ3) is 68.2. The lowest BCUT2D eigenvalue weighted by Gasteiger charge is -2.18. The predicted octanol–water partition coefficient (Wildman–Crippen LogP) is 24.1. The molecule has 0 heterocycles. The number of esters is 3. The van der Waals surface area contributed by atoms with Crippen molar-refractivity contribution in [2.24, 2.45) is 0 Å². The summed E-state index contributed by atoms with van der Waals surface area (Å²) in [4.78, 5) is 38.4. The van der Waals surface area contributed by atoms with Crippen LogP contribution in [0.2, 0.25) is 0 Å². The molecule has 0 fully saturated rings. The second-order valence-electron chi connectivity index (χ2n) is 22.7. The summed E-state index contributed by atoms with van der Waals surface area (Å²) in [6.07, 6.45) is 99.0. The van der Waals surface area contributed by atoms with Gasteiger partial charge in [-0.3, -0.25) is 14.4 Å². The van der Waals surface area contributed by atoms with Crippen molar-refractivity contribution in [2.75, 3.05) is 13.2 Å². The van der Waals surface area contributed by atoms with Crippen LogP contribution in [0.4, 0.5) is 0 Å². The van der Waals surface area contributed by atoms with E-state index >= 15 is 0 Å². The van der Waals surface area contributed by atoms with Gasteiger partial charge in [0.15, 0.2) is 6.10 Å². The Hall–Kier alpha value is -4.45. The van der Waals surface area contributed by atoms with Crippen LogP contribution in [0.1, 0.15) is 316 Å². The zero-order valence-electron chi connectivity index (χ0n) is 54.2. The maximum absolute atomic E-state index is 12.9. The maximum Gasteiger partial charge on any atom is 0.306 e. The van der Waals surface area contributed by atoms with Gasteiger partial charge in [-0.25, -0.2) is 0 Å². The summed E-state index contributed by atoms with van der Waals surface area (Å²) in [7, 11) is 0. The summed E-state index contributed by atoms with van der Waals surface area (Å²) in [5.74, 6) is -0.936. The Bertz CT molecular complexity index is 1750. The number of carbonyl (C=O) groups excluding carboxylic acids is 3. The van der Waals surface area contributed by atoms with Crippen LogP contribution in [0.3, 0.4) is 0 Å². The highest BCUT2D eigenvalue weighted by molar-refractivity contribution is 5.71. The van der Waals surface area contributed by atoms with Crippen LogP contribution in [0.25, 0.3) is 0 Å². The number of allylic oxidation sites excluding steroid dienone is 22. The van der Waals surface area contributed by atoms with Gasteiger partial charge >= 0.3 is 17.9 Å². The predicted molar refractivity (Wildman–Crippen MR) is 362 cm³/mol. The Labute approximate surface area is 513 Å². The Morgan fingerprint density at radius 3 is 0.771 bits per heavy atom. The molecule has 0 aliphatic heterocycles. The molecule has 0 aromatic rings. The zero-order valence-corrected chi connectivity index (χ0v) is 54.2. The summed E-state index contributed by atoms with van der Waals surface area (Å²) in [5.41, 5.74) is 0. The molecule has 0 aliphatic carbocycles. The van der Waals surface area contributed by atoms with Crippen molar-refractivity contribution in [1.82, 2.24) is 0 Å². The summed E-state index contributed by atoms with van der Waals surface area (Å²) in [5, 5.41) is 0. The SMILES string of the molecule is CC/C=C\C/C=C\C/C=C\C/C=C\C/C=C\C/C=C\C/C=C\CCCCCC(=O)OC(COC(=O)CCCCCCC/C=C\CCCCCC)COC(=O)CCCCCCCCCCCCCC/C=C\C/C=C\C/C=C\CCCCCCC. The van der Waals surface area contributed by atoms with E-state index in [9.17, 15) is 14.4 Å². The van der Waals surface area contributed by atoms with E-state index < -0.39 is 6.10 Å². The van der Waals surface area contributed by atoms with Crippen molar-refractivity contribution < 1.29 is 28.6 Å². The van der Waals surface area contributed by atoms with Crippen LogP contribution < -0.4 is 0 Å². The highest BCUT2D eigenvalue weighted by Crippen LogP contribution is 2.16. The first-order valence-electron chi connectivity index (χ1n) is 34.7. The van der Waals surface area contributed by atoms with E-state index in [0.717, 1.165) is 135 Å². The van der Waals surface area contributed by atoms with Gasteiger partial charge in [-0.15, -0.1) is 0 Å². The molecule has 0 N–H and O–H groups in total. The van der Waals surface area contributed by atoms with Gasteiger partial charge < -0.3 is 14.2 Å². The molecule has 0 radical (unpaired) electrons. The Kier molecular flexibility index (Phi) is 66.3. The van der Waals surface area contributed by atoms with Crippen LogP contribution in [0.5, 0.6) is 0 Å². The molecule has 0 aromatic heterocycles. The minimum Gasteiger partial charge on any atom is -0.462 e. The second-order valence-corrected chi connectivity index (χ2v) is 22.7. The minimum atomic E-state index is -0.806. The first-order valence-corrected chi connectivity index (χ1v) is 34.7. The molecule has 0 saturated heterocycles. The molecular weight excluding hydrogens is 1020 g/mol. The Balaban J connectivity index is 4.39. The molecule has 1 atom stereocenters. The number of hydrogen-bond donors (Lipinski definition) is 0. The first kappa shape index (κ1) is 78.5. The molecule has 0 amide bonds. The molecule has 1 unspecified atom stereocenters. The van der Waals surface area contributed by atoms with E-state index in [4.69, 9.17) is 14.2 Å². The lowest BCUT2D eigenvalue weighted by molar-refractivity contribution is -0.167. The van der Waals surface area contributed by atoms with Crippen molar-refractivity contribution >= 4 is 17.9 Å². The largest absolute Gasteiger partial charge is 0.462 e. The smallest absolute Gasteiger partial charge is 0.306 e. The molecule has 6 heteroatoms. The third-order valence-electron chi connectivity index (χ3n) is 14.6. The molecule has 0 aromatic carbocycles. The van der Waals surface area contributed by atoms with Gasteiger partial charge in [-0.1, -0.05) is 289 Å². The summed E-state index contributed by atoms with van der Waals surface area (Å²) in [6, 6.07) is 0. The van der Waals surface area contributed by atoms with E-state index in [1.54, 1.807) is 0 Å². The lowest BCUT2D eigenvalue weighted by Crippen LogP contribution is -2.30. The van der Waals surface area contributed by atoms with Gasteiger partial charge in [0.1, 0.15) is 13.2 Å². The standard InChI is InChI=1S/C77H128O6/c1-4-7-10-13-16-19-22-25-27-29-31-33-35-37-38-40-41-43-45-47-49-52-55-58-61-64-67-70-76(79)82-73-74(72-81-75(78)69-66-63-60-57-54-51-24-21-18-15-12-9-6-3)83-77(80)71-68-65-62-59-56-53-50-48-46-44-42-39-36-34-32-30-28-26-23-20-17-14-11-8-5-2/h8,11,17,20-22,24-26,28-29,31-32,34-35,37,39,42,46,48,53,56,74H,4-7,9-10,12-16,18-19,23,27,30,33,36,38,40-41,43-45,47,49-52,54-55,57-73H2,1-3H3/b11-8-,20-17-,24-21-,25-22-,28-26-,31-29-,34-32-,37-35-,42-39-,48-46-,56-53-. The minimum absolute atomic E-state index is 0.0979. The molecule has 0 bridgehead atoms. The molecule has 0 aliphatic rings. The molecule has 472 valence electrons. The van der Waals surface area contributed by atoms with Gasteiger partial charge in [0.05, 0.1) is 0 Å². The Morgan fingerprint density at radius 1 is 0.253 bits per heavy atom. The zero-order chi connectivity index (χ0) is 59.9. The van der Waals surface area contributed by atoms with Crippen LogP contribution in [0, 0.1) is 0 Å². The van der Waals surface area contributed by atoms with Crippen molar-refractivity contribution in [3.63, 3.8) is 0 Å². The van der Waals surface area contributed by atoms with Crippen LogP contribution in [-0.2, 0) is 28.6 Å². The second kappa shape index (κ2) is 70.0. The van der Waals surface area contributed by atoms with Crippen molar-refractivity contribution in [1.29, 1.82) is 0 Å². The molecule has 0 spiro atoms. The number of rotatable bonds is 62. The third-order valence-corrected chi connectivity index (χ3v) is 14.6. The van der Waals surface area contributed by atoms with E-state index in [2.05, 4.69) is 154 Å². The molecule has 83 heavy (non-hydrogen) atoms. The molecule has 0 saturated carbocycles. The highest BCUT2D eigenvalue weighted by atomic mass is 16.6. The fourth-order valence-corrected chi connectivity index (χ4v) is 9.43. The highest BCUT2D eigenvalue weighted by Gasteiger charge is 2.19. The van der Waals surface area contributed by atoms with Crippen molar-refractivity contribution in [3.05, 3.63) is 134 Å². The number of ether oxygens (including phenoxy) is 3. The van der Waals surface area contributed by atoms with Crippen LogP contribution in [0.15, 0.2) is 134 Å². The summed E-state index contributed by atoms with van der Waals surface area (Å²) < 4.78 is 16.9. The van der Waals surface area contributed by atoms with Gasteiger partial charge in [-0.05, 0) is 141 Å². The van der Waals surface area contributed by atoms with Crippen molar-refractivity contribution in [3.8, 4) is 0 Å². The monoisotopic (exact) mass is 1150 g/mol. The molecule has 6 nitrogen and oxygen atoms in total. The summed E-state index contributed by atoms with van der Waals surface area (Å²) in [6.45, 7) is 6.48. The van der Waals surface area contributed by atoms with E-state index in [1.807, 2.05) is 0 Å². The van der Waals surface area contributed by atoms with Gasteiger partial charge in [0.25, 0.3) is 0 Å². The van der Waals surface area contributed by atoms with Gasteiger partial charge in [-0.2, -0.15) is 0 Å². The quantitative estimate of drug-likeness (QED) is 0.0261. The van der Waals surface area contributed by atoms with Gasteiger partial charge in [0.2, 0.25) is 0 Å². The fraction of sp³-hybridized carbons (Fsp3) is 0.675. The molecular formula is C77H128O6. The number of carbonyl (C=O) groups is 3. The average Bonchev–Trinajstić information content (AvgIpc) is 3.49. The normalized spacial score (nSPS) is 13.0. The fourth-order valence-electron chi connectivity index (χ4n) is 9.43. The van der Waals surface area contributed by atoms with Crippen molar-refractivity contribution in [2.45, 2.75) is 322 Å². The first-order chi connectivity index (χ1) is 41.0. The lowest BCUT2D eigenvalue weighted by atomic mass is 10.0. The maximum atomic E-state index is 12.9. The van der Waals surface area contributed by atoms with E-state index in [0.29, 0.717) is 12.8 Å². The van der Waals surface area contributed by atoms with E-state index in [-0.39, 0.29) is 37.5 Å². The number of unbranched alkanes of at least 4 members (excludes halogenated alkanes) is 29. The Morgan fingerprint density at radius 2 is 0.470 bits per heavy atom. The topological polar surface area (TPSA) is 78.9 Å². The molecule has 0 rings (SSSR count). The number of hydrogen-bond acceptors (Lipinski definition) is 6. The van der Waals surface area contributed by atoms with E-state index in [1.165, 1.54) is 141 Å². The van der Waals surface area contributed by atoms with Crippen LogP contribution >= 0.6 is 0 Å². The van der Waals surface area contributed by atoms with Crippen LogP contribution in [-0.4, -0.2) is 37.2 Å². The average molecular weight is 1150 g/mol.